The van der Waals surface area contributed by atoms with Gasteiger partial charge in [0.2, 0.25) is 0 Å². The van der Waals surface area contributed by atoms with Crippen molar-refractivity contribution in [2.24, 2.45) is 0 Å². The Balaban J connectivity index is 2.08. The fourth-order valence-corrected chi connectivity index (χ4v) is 4.88. The number of aromatic nitrogens is 1. The Morgan fingerprint density at radius 1 is 1.18 bits per heavy atom. The lowest BCUT2D eigenvalue weighted by atomic mass is 9.87. The van der Waals surface area contributed by atoms with Crippen LogP contribution in [0.2, 0.25) is 5.02 Å². The number of hydrogen-bond donors (Lipinski definition) is 1. The van der Waals surface area contributed by atoms with Crippen LogP contribution in [0, 0.1) is 13.8 Å². The highest BCUT2D eigenvalue weighted by atomic mass is 35.5. The summed E-state index contributed by atoms with van der Waals surface area (Å²) in [5.41, 5.74) is 6.75. The molecule has 0 aliphatic carbocycles. The van der Waals surface area contributed by atoms with E-state index < -0.39 is 17.7 Å². The fourth-order valence-electron chi connectivity index (χ4n) is 4.54. The van der Waals surface area contributed by atoms with Gasteiger partial charge in [-0.3, -0.25) is 4.98 Å². The molecule has 1 aromatic heterocycles. The molecule has 0 bridgehead atoms. The van der Waals surface area contributed by atoms with Crippen LogP contribution in [0.4, 0.5) is 5.69 Å². The molecule has 0 amide bonds. The first kappa shape index (κ1) is 23.5. The first-order chi connectivity index (χ1) is 15.6. The molecule has 0 saturated heterocycles. The van der Waals surface area contributed by atoms with E-state index in [4.69, 9.17) is 26.1 Å². The van der Waals surface area contributed by atoms with Gasteiger partial charge in [-0.1, -0.05) is 29.8 Å². The number of nitrogens with one attached hydrogen (secondary N) is 1. The number of hydrogen-bond acceptors (Lipinski definition) is 5. The summed E-state index contributed by atoms with van der Waals surface area (Å²) in [5.74, 6) is -0.444. The van der Waals surface area contributed by atoms with Gasteiger partial charge in [-0.2, -0.15) is 0 Å². The van der Waals surface area contributed by atoms with Crippen LogP contribution in [0.25, 0.3) is 22.0 Å². The number of pyridine rings is 1. The van der Waals surface area contributed by atoms with Gasteiger partial charge in [-0.25, -0.2) is 4.79 Å². The maximum atomic E-state index is 13.0. The van der Waals surface area contributed by atoms with Crippen molar-refractivity contribution in [3.8, 4) is 11.1 Å². The van der Waals surface area contributed by atoms with Gasteiger partial charge in [0.15, 0.2) is 6.10 Å². The van der Waals surface area contributed by atoms with E-state index in [1.807, 2.05) is 52.8 Å². The third-order valence-corrected chi connectivity index (χ3v) is 6.34. The molecule has 3 aromatic rings. The molecule has 1 N–H and O–H groups in total. The van der Waals surface area contributed by atoms with Crippen molar-refractivity contribution in [3.05, 3.63) is 57.7 Å². The highest BCUT2D eigenvalue weighted by molar-refractivity contribution is 6.36. The Kier molecular flexibility index (Phi) is 6.39. The molecular weight excluding hydrogens is 436 g/mol. The minimum absolute atomic E-state index is 0.444. The predicted molar refractivity (Wildman–Crippen MR) is 134 cm³/mol. The molecule has 1 aliphatic rings. The molecule has 0 fully saturated rings. The number of aryl methyl sites for hydroxylation is 3. The highest BCUT2D eigenvalue weighted by Crippen LogP contribution is 2.45. The number of rotatable bonds is 4. The first-order valence-corrected chi connectivity index (χ1v) is 11.7. The Bertz CT molecular complexity index is 1230. The number of benzene rings is 2. The van der Waals surface area contributed by atoms with Gasteiger partial charge >= 0.3 is 5.97 Å². The molecule has 0 unspecified atom stereocenters. The third kappa shape index (κ3) is 4.57. The minimum atomic E-state index is -0.907. The van der Waals surface area contributed by atoms with Crippen molar-refractivity contribution in [2.75, 3.05) is 19.0 Å². The average molecular weight is 467 g/mol. The maximum absolute atomic E-state index is 13.0. The number of carbonyl (C=O) groups is 1. The summed E-state index contributed by atoms with van der Waals surface area (Å²) in [6.45, 7) is 10.6. The SMILES string of the molecule is COC(=O)[C@@H](OC(C)(C)C)c1c(C)cc2nc(C)ccc2c1-c1ccc2c(c1Cl)NCCC2. The van der Waals surface area contributed by atoms with E-state index in [-0.39, 0.29) is 0 Å². The van der Waals surface area contributed by atoms with Crippen LogP contribution in [-0.4, -0.2) is 30.2 Å². The summed E-state index contributed by atoms with van der Waals surface area (Å²) < 4.78 is 11.5. The molecule has 0 saturated carbocycles. The lowest BCUT2D eigenvalue weighted by Gasteiger charge is -2.30. The van der Waals surface area contributed by atoms with Crippen LogP contribution in [0.5, 0.6) is 0 Å². The van der Waals surface area contributed by atoms with Crippen molar-refractivity contribution < 1.29 is 14.3 Å². The Hall–Kier alpha value is -2.63. The van der Waals surface area contributed by atoms with Gasteiger partial charge in [0.1, 0.15) is 0 Å². The Morgan fingerprint density at radius 3 is 2.64 bits per heavy atom. The van der Waals surface area contributed by atoms with Crippen LogP contribution in [0.1, 0.15) is 55.7 Å². The zero-order chi connectivity index (χ0) is 23.9. The number of fused-ring (bicyclic) bond motifs is 2. The van der Waals surface area contributed by atoms with Crippen LogP contribution < -0.4 is 5.32 Å². The largest absolute Gasteiger partial charge is 0.467 e. The zero-order valence-corrected chi connectivity index (χ0v) is 20.9. The molecule has 174 valence electrons. The van der Waals surface area contributed by atoms with E-state index in [0.717, 1.165) is 63.9 Å². The van der Waals surface area contributed by atoms with Crippen molar-refractivity contribution in [1.82, 2.24) is 4.98 Å². The summed E-state index contributed by atoms with van der Waals surface area (Å²) in [4.78, 5) is 17.8. The molecule has 33 heavy (non-hydrogen) atoms. The number of nitrogens with zero attached hydrogens (tertiary/aromatic N) is 1. The van der Waals surface area contributed by atoms with Crippen LogP contribution >= 0.6 is 11.6 Å². The second-order valence-corrected chi connectivity index (χ2v) is 10.0. The maximum Gasteiger partial charge on any atom is 0.339 e. The van der Waals surface area contributed by atoms with Gasteiger partial charge in [0.25, 0.3) is 0 Å². The molecule has 0 spiro atoms. The quantitative estimate of drug-likeness (QED) is 0.441. The summed E-state index contributed by atoms with van der Waals surface area (Å²) in [6, 6.07) is 10.2. The molecule has 4 rings (SSSR count). The van der Waals surface area contributed by atoms with E-state index >= 15 is 0 Å². The van der Waals surface area contributed by atoms with Crippen LogP contribution in [0.15, 0.2) is 30.3 Å². The van der Waals surface area contributed by atoms with Crippen molar-refractivity contribution in [2.45, 2.75) is 59.2 Å². The van der Waals surface area contributed by atoms with Crippen molar-refractivity contribution in [3.63, 3.8) is 0 Å². The smallest absolute Gasteiger partial charge is 0.339 e. The second-order valence-electron chi connectivity index (χ2n) is 9.63. The van der Waals surface area contributed by atoms with Crippen molar-refractivity contribution >= 4 is 34.2 Å². The predicted octanol–water partition coefficient (Wildman–Crippen LogP) is 6.56. The second kappa shape index (κ2) is 8.96. The molecule has 2 aromatic carbocycles. The van der Waals surface area contributed by atoms with E-state index in [2.05, 4.69) is 17.4 Å². The van der Waals surface area contributed by atoms with E-state index in [9.17, 15) is 4.79 Å². The Morgan fingerprint density at radius 2 is 1.94 bits per heavy atom. The minimum Gasteiger partial charge on any atom is -0.467 e. The van der Waals surface area contributed by atoms with Crippen LogP contribution in [-0.2, 0) is 20.7 Å². The Labute approximate surface area is 200 Å². The normalized spacial score (nSPS) is 14.5. The topological polar surface area (TPSA) is 60.5 Å². The number of halogens is 1. The number of ether oxygens (including phenoxy) is 2. The molecular formula is C27H31ClN2O3. The summed E-state index contributed by atoms with van der Waals surface area (Å²) in [7, 11) is 1.39. The summed E-state index contributed by atoms with van der Waals surface area (Å²) >= 11 is 7.03. The number of methoxy groups -OCH3 is 1. The first-order valence-electron chi connectivity index (χ1n) is 11.3. The number of anilines is 1. The van der Waals surface area contributed by atoms with Crippen molar-refractivity contribution in [1.29, 1.82) is 0 Å². The summed E-state index contributed by atoms with van der Waals surface area (Å²) in [6.07, 6.45) is 1.16. The molecule has 0 radical (unpaired) electrons. The summed E-state index contributed by atoms with van der Waals surface area (Å²) in [5, 5.41) is 5.04. The lowest BCUT2D eigenvalue weighted by Crippen LogP contribution is -2.29. The van der Waals surface area contributed by atoms with Gasteiger partial charge in [0, 0.05) is 28.8 Å². The molecule has 2 heterocycles. The van der Waals surface area contributed by atoms with Crippen LogP contribution in [0.3, 0.4) is 0 Å². The fraction of sp³-hybridized carbons (Fsp3) is 0.407. The third-order valence-electron chi connectivity index (χ3n) is 5.95. The molecule has 5 nitrogen and oxygen atoms in total. The van der Waals surface area contributed by atoms with Gasteiger partial charge in [-0.15, -0.1) is 0 Å². The number of carbonyl (C=O) groups excluding carboxylic acids is 1. The van der Waals surface area contributed by atoms with E-state index in [1.54, 1.807) is 0 Å². The van der Waals surface area contributed by atoms with E-state index in [0.29, 0.717) is 5.02 Å². The zero-order valence-electron chi connectivity index (χ0n) is 20.1. The van der Waals surface area contributed by atoms with Gasteiger partial charge in [-0.05, 0) is 76.3 Å². The molecule has 6 heteroatoms. The van der Waals surface area contributed by atoms with E-state index in [1.165, 1.54) is 12.7 Å². The van der Waals surface area contributed by atoms with Gasteiger partial charge in [0.05, 0.1) is 28.9 Å². The monoisotopic (exact) mass is 466 g/mol. The molecule has 1 aliphatic heterocycles. The highest BCUT2D eigenvalue weighted by Gasteiger charge is 2.33. The number of esters is 1. The standard InChI is InChI=1S/C27H31ClN2O3/c1-15-14-20-18(11-9-16(2)30-20)22(21(15)25(26(31)32-6)33-27(3,4)5)19-12-10-17-8-7-13-29-24(17)23(19)28/h9-12,14,25,29H,7-8,13H2,1-6H3/t25-/m0/s1. The molecule has 1 atom stereocenters. The lowest BCUT2D eigenvalue weighted by molar-refractivity contribution is -0.164. The average Bonchev–Trinajstić information content (AvgIpc) is 2.76. The van der Waals surface area contributed by atoms with Gasteiger partial charge < -0.3 is 14.8 Å².